The van der Waals surface area contributed by atoms with Gasteiger partial charge in [-0.3, -0.25) is 9.98 Å². The van der Waals surface area contributed by atoms with Gasteiger partial charge in [0.15, 0.2) is 0 Å². The summed E-state index contributed by atoms with van der Waals surface area (Å²) in [6.45, 7) is 6.18. The summed E-state index contributed by atoms with van der Waals surface area (Å²) in [6.07, 6.45) is 4.94. The number of alkyl halides is 3. The molecule has 0 spiro atoms. The van der Waals surface area contributed by atoms with E-state index in [2.05, 4.69) is 35.6 Å². The van der Waals surface area contributed by atoms with Crippen LogP contribution in [0.5, 0.6) is 0 Å². The van der Waals surface area contributed by atoms with Crippen LogP contribution >= 0.6 is 0 Å². The second-order valence-corrected chi connectivity index (χ2v) is 5.85. The fourth-order valence-corrected chi connectivity index (χ4v) is 2.88. The Morgan fingerprint density at radius 1 is 1.38 bits per heavy atom. The van der Waals surface area contributed by atoms with E-state index in [1.165, 1.54) is 24.9 Å². The normalized spacial score (nSPS) is 18.5. The predicted octanol–water partition coefficient (Wildman–Crippen LogP) is 5.38. The molecule has 1 unspecified atom stereocenters. The van der Waals surface area contributed by atoms with Crippen molar-refractivity contribution >= 4 is 5.71 Å². The Morgan fingerprint density at radius 3 is 2.75 bits per heavy atom. The van der Waals surface area contributed by atoms with Crippen LogP contribution in [0.2, 0.25) is 0 Å². The van der Waals surface area contributed by atoms with Crippen molar-refractivity contribution in [3.8, 4) is 0 Å². The number of hydrogen-bond donors (Lipinski definition) is 0. The quantitative estimate of drug-likeness (QED) is 0.524. The summed E-state index contributed by atoms with van der Waals surface area (Å²) in [4.78, 5) is 7.97. The van der Waals surface area contributed by atoms with Gasteiger partial charge in [0, 0.05) is 19.2 Å². The molecule has 0 fully saturated rings. The molecule has 0 amide bonds. The highest BCUT2D eigenvalue weighted by atomic mass is 19.4. The Labute approximate surface area is 140 Å². The highest BCUT2D eigenvalue weighted by Crippen LogP contribution is 2.33. The zero-order chi connectivity index (χ0) is 17.7. The van der Waals surface area contributed by atoms with Crippen LogP contribution in [0, 0.1) is 5.92 Å². The average Bonchev–Trinajstić information content (AvgIpc) is 2.55. The lowest BCUT2D eigenvalue weighted by molar-refractivity contribution is -0.137. The molecule has 128 valence electrons. The van der Waals surface area contributed by atoms with E-state index in [1.54, 1.807) is 0 Å². The molecule has 0 radical (unpaired) electrons. The van der Waals surface area contributed by atoms with Gasteiger partial charge in [0.25, 0.3) is 0 Å². The molecule has 0 aliphatic heterocycles. The summed E-state index contributed by atoms with van der Waals surface area (Å²) in [5.74, 6) is 0.249. The van der Waals surface area contributed by atoms with Gasteiger partial charge in [0.05, 0.1) is 17.0 Å². The van der Waals surface area contributed by atoms with E-state index in [1.807, 2.05) is 6.08 Å². The minimum Gasteiger partial charge on any atom is -0.291 e. The predicted molar refractivity (Wildman–Crippen MR) is 91.1 cm³/mol. The van der Waals surface area contributed by atoms with Crippen LogP contribution < -0.4 is 0 Å². The Bertz CT molecular complexity index is 697. The number of nitrogens with zero attached hydrogens (tertiary/aromatic N) is 2. The first-order valence-electron chi connectivity index (χ1n) is 7.83. The van der Waals surface area contributed by atoms with Gasteiger partial charge in [-0.2, -0.15) is 13.2 Å². The molecule has 0 bridgehead atoms. The monoisotopic (exact) mass is 334 g/mol. The summed E-state index contributed by atoms with van der Waals surface area (Å²) in [6, 6.07) is 2.34. The van der Waals surface area contributed by atoms with E-state index in [0.29, 0.717) is 18.6 Å². The molecule has 1 heterocycles. The number of hydrogen-bond acceptors (Lipinski definition) is 2. The van der Waals surface area contributed by atoms with Crippen molar-refractivity contribution in [1.29, 1.82) is 0 Å². The number of allylic oxidation sites excluding steroid dienone is 5. The van der Waals surface area contributed by atoms with Crippen molar-refractivity contribution in [2.24, 2.45) is 10.9 Å². The van der Waals surface area contributed by atoms with Crippen molar-refractivity contribution in [3.05, 3.63) is 65.5 Å². The van der Waals surface area contributed by atoms with E-state index in [9.17, 15) is 13.2 Å². The van der Waals surface area contributed by atoms with Crippen molar-refractivity contribution in [2.75, 3.05) is 7.05 Å². The third-order valence-electron chi connectivity index (χ3n) is 4.25. The van der Waals surface area contributed by atoms with Crippen LogP contribution in [0.1, 0.15) is 37.4 Å². The molecule has 1 aliphatic rings. The largest absolute Gasteiger partial charge is 0.418 e. The zero-order valence-corrected chi connectivity index (χ0v) is 13.9. The van der Waals surface area contributed by atoms with E-state index in [0.717, 1.165) is 18.1 Å². The molecule has 1 aromatic rings. The Hall–Kier alpha value is -2.17. The lowest BCUT2D eigenvalue weighted by Crippen LogP contribution is -2.16. The molecule has 2 nitrogen and oxygen atoms in total. The van der Waals surface area contributed by atoms with Gasteiger partial charge in [-0.25, -0.2) is 0 Å². The topological polar surface area (TPSA) is 25.2 Å². The SMILES string of the molecule is C=C(CCC(=NC)c1ncccc1C(F)(F)F)C1CC=CC=C1C. The van der Waals surface area contributed by atoms with Crippen LogP contribution in [0.25, 0.3) is 0 Å². The Balaban J connectivity index is 2.13. The number of rotatable bonds is 5. The number of aromatic nitrogens is 1. The van der Waals surface area contributed by atoms with Crippen molar-refractivity contribution in [3.63, 3.8) is 0 Å². The van der Waals surface area contributed by atoms with E-state index < -0.39 is 11.7 Å². The van der Waals surface area contributed by atoms with Crippen LogP contribution in [-0.4, -0.2) is 17.7 Å². The summed E-state index contributed by atoms with van der Waals surface area (Å²) in [5, 5.41) is 0. The third-order valence-corrected chi connectivity index (χ3v) is 4.25. The van der Waals surface area contributed by atoms with Crippen molar-refractivity contribution in [2.45, 2.75) is 32.4 Å². The van der Waals surface area contributed by atoms with Gasteiger partial charge in [-0.05, 0) is 38.3 Å². The zero-order valence-electron chi connectivity index (χ0n) is 13.9. The highest BCUT2D eigenvalue weighted by Gasteiger charge is 2.35. The smallest absolute Gasteiger partial charge is 0.291 e. The fourth-order valence-electron chi connectivity index (χ4n) is 2.88. The summed E-state index contributed by atoms with van der Waals surface area (Å²) < 4.78 is 39.5. The van der Waals surface area contributed by atoms with Crippen molar-refractivity contribution < 1.29 is 13.2 Å². The molecule has 0 saturated heterocycles. The van der Waals surface area contributed by atoms with Gasteiger partial charge in [-0.15, -0.1) is 0 Å². The second-order valence-electron chi connectivity index (χ2n) is 5.85. The molecule has 0 N–H and O–H groups in total. The third kappa shape index (κ3) is 4.22. The maximum Gasteiger partial charge on any atom is 0.418 e. The first kappa shape index (κ1) is 18.2. The number of pyridine rings is 1. The molecule has 1 atom stereocenters. The fraction of sp³-hybridized carbons (Fsp3) is 0.368. The van der Waals surface area contributed by atoms with Crippen LogP contribution in [-0.2, 0) is 6.18 Å². The molecule has 5 heteroatoms. The average molecular weight is 334 g/mol. The van der Waals surface area contributed by atoms with E-state index >= 15 is 0 Å². The van der Waals surface area contributed by atoms with Gasteiger partial charge in [-0.1, -0.05) is 36.0 Å². The number of halogens is 3. The molecular formula is C19H21F3N2. The molecule has 1 aromatic heterocycles. The number of aliphatic imine (C=N–C) groups is 1. The van der Waals surface area contributed by atoms with E-state index in [-0.39, 0.29) is 11.6 Å². The first-order valence-corrected chi connectivity index (χ1v) is 7.83. The summed E-state index contributed by atoms with van der Waals surface area (Å²) >= 11 is 0. The molecule has 2 rings (SSSR count). The molecule has 24 heavy (non-hydrogen) atoms. The van der Waals surface area contributed by atoms with Gasteiger partial charge in [0.2, 0.25) is 0 Å². The second kappa shape index (κ2) is 7.60. The van der Waals surface area contributed by atoms with Gasteiger partial charge >= 0.3 is 6.18 Å². The molecule has 0 saturated carbocycles. The Morgan fingerprint density at radius 2 is 2.12 bits per heavy atom. The maximum absolute atomic E-state index is 13.2. The molecule has 1 aliphatic carbocycles. The Kier molecular flexibility index (Phi) is 5.75. The lowest BCUT2D eigenvalue weighted by atomic mass is 9.84. The van der Waals surface area contributed by atoms with Crippen LogP contribution in [0.4, 0.5) is 13.2 Å². The molecular weight excluding hydrogens is 313 g/mol. The van der Waals surface area contributed by atoms with Gasteiger partial charge < -0.3 is 0 Å². The highest BCUT2D eigenvalue weighted by molar-refractivity contribution is 6.00. The van der Waals surface area contributed by atoms with Crippen LogP contribution in [0.15, 0.2) is 59.3 Å². The summed E-state index contributed by atoms with van der Waals surface area (Å²) in [7, 11) is 1.50. The first-order chi connectivity index (χ1) is 11.3. The van der Waals surface area contributed by atoms with Gasteiger partial charge in [0.1, 0.15) is 0 Å². The van der Waals surface area contributed by atoms with Crippen LogP contribution in [0.3, 0.4) is 0 Å². The lowest BCUT2D eigenvalue weighted by Gasteiger charge is -2.22. The minimum atomic E-state index is -4.44. The van der Waals surface area contributed by atoms with E-state index in [4.69, 9.17) is 0 Å². The minimum absolute atomic E-state index is 0.0869. The van der Waals surface area contributed by atoms with Crippen molar-refractivity contribution in [1.82, 2.24) is 4.98 Å². The standard InChI is InChI=1S/C19H21F3N2/c1-13-7-4-5-8-15(13)14(2)10-11-17(23-3)18-16(19(20,21)22)9-6-12-24-18/h4-7,9,12,15H,2,8,10-11H2,1,3H3. The summed E-state index contributed by atoms with van der Waals surface area (Å²) in [5.41, 5.74) is 1.77. The molecule has 0 aromatic carbocycles. The maximum atomic E-state index is 13.2.